The van der Waals surface area contributed by atoms with Crippen molar-refractivity contribution < 1.29 is 13.2 Å². The number of carbonyl (C=O) groups excluding carboxylic acids is 1. The van der Waals surface area contributed by atoms with E-state index in [0.717, 1.165) is 6.42 Å². The molecule has 1 aliphatic carbocycles. The summed E-state index contributed by atoms with van der Waals surface area (Å²) in [7, 11) is -3.51. The van der Waals surface area contributed by atoms with Gasteiger partial charge in [-0.3, -0.25) is 9.78 Å². The van der Waals surface area contributed by atoms with Crippen LogP contribution in [0.15, 0.2) is 29.4 Å². The highest BCUT2D eigenvalue weighted by molar-refractivity contribution is 7.89. The second-order valence-electron chi connectivity index (χ2n) is 7.24. The average molecular weight is 365 g/mol. The molecule has 1 aromatic heterocycles. The summed E-state index contributed by atoms with van der Waals surface area (Å²) in [6.45, 7) is 2.97. The van der Waals surface area contributed by atoms with Crippen molar-refractivity contribution >= 4 is 15.9 Å². The second kappa shape index (κ2) is 7.83. The molecule has 2 fully saturated rings. The van der Waals surface area contributed by atoms with E-state index in [1.54, 1.807) is 18.3 Å². The Hall–Kier alpha value is -1.47. The lowest BCUT2D eigenvalue weighted by molar-refractivity contribution is -0.127. The van der Waals surface area contributed by atoms with E-state index >= 15 is 0 Å². The molecule has 2 aliphatic rings. The zero-order chi connectivity index (χ0) is 17.9. The number of piperidine rings is 1. The van der Waals surface area contributed by atoms with E-state index in [-0.39, 0.29) is 22.8 Å². The van der Waals surface area contributed by atoms with Crippen molar-refractivity contribution in [3.8, 4) is 0 Å². The van der Waals surface area contributed by atoms with Gasteiger partial charge in [0.1, 0.15) is 4.90 Å². The lowest BCUT2D eigenvalue weighted by Gasteiger charge is -2.34. The van der Waals surface area contributed by atoms with Gasteiger partial charge in [-0.2, -0.15) is 4.31 Å². The predicted molar refractivity (Wildman–Crippen MR) is 95.3 cm³/mol. The molecule has 0 aromatic carbocycles. The van der Waals surface area contributed by atoms with Gasteiger partial charge in [0, 0.05) is 37.4 Å². The van der Waals surface area contributed by atoms with Gasteiger partial charge in [0.2, 0.25) is 15.9 Å². The van der Waals surface area contributed by atoms with Gasteiger partial charge in [0.05, 0.1) is 0 Å². The summed E-state index contributed by atoms with van der Waals surface area (Å²) in [6.07, 6.45) is 8.74. The summed E-state index contributed by atoms with van der Waals surface area (Å²) in [5.74, 6) is 0.537. The molecule has 2 heterocycles. The van der Waals surface area contributed by atoms with Crippen molar-refractivity contribution in [1.29, 1.82) is 0 Å². The van der Waals surface area contributed by atoms with Gasteiger partial charge in [-0.05, 0) is 43.7 Å². The molecule has 0 spiro atoms. The molecule has 0 radical (unpaired) electrons. The van der Waals surface area contributed by atoms with Crippen molar-refractivity contribution in [3.63, 3.8) is 0 Å². The Labute approximate surface area is 150 Å². The van der Waals surface area contributed by atoms with Gasteiger partial charge in [-0.15, -0.1) is 0 Å². The molecule has 0 bridgehead atoms. The number of rotatable bonds is 4. The summed E-state index contributed by atoms with van der Waals surface area (Å²) in [4.78, 5) is 16.7. The van der Waals surface area contributed by atoms with Crippen LogP contribution in [-0.4, -0.2) is 42.7 Å². The summed E-state index contributed by atoms with van der Waals surface area (Å²) in [5.41, 5.74) is 0. The van der Waals surface area contributed by atoms with Gasteiger partial charge in [0.25, 0.3) is 0 Å². The highest BCUT2D eigenvalue weighted by Crippen LogP contribution is 2.26. The van der Waals surface area contributed by atoms with Crippen molar-refractivity contribution in [2.75, 3.05) is 13.1 Å². The van der Waals surface area contributed by atoms with E-state index < -0.39 is 10.0 Å². The summed E-state index contributed by atoms with van der Waals surface area (Å²) < 4.78 is 26.7. The molecule has 6 nitrogen and oxygen atoms in total. The molecule has 2 atom stereocenters. The van der Waals surface area contributed by atoms with E-state index in [2.05, 4.69) is 17.2 Å². The Bertz CT molecular complexity index is 685. The Balaban J connectivity index is 1.55. The van der Waals surface area contributed by atoms with Gasteiger partial charge >= 0.3 is 0 Å². The van der Waals surface area contributed by atoms with E-state index in [1.807, 2.05) is 0 Å². The molecule has 1 amide bonds. The van der Waals surface area contributed by atoms with Gasteiger partial charge in [-0.25, -0.2) is 8.42 Å². The lowest BCUT2D eigenvalue weighted by Crippen LogP contribution is -2.47. The quantitative estimate of drug-likeness (QED) is 0.887. The Morgan fingerprint density at radius 3 is 2.56 bits per heavy atom. The van der Waals surface area contributed by atoms with E-state index in [9.17, 15) is 13.2 Å². The smallest absolute Gasteiger partial charge is 0.244 e. The molecule has 1 aromatic rings. The summed E-state index contributed by atoms with van der Waals surface area (Å²) in [5, 5.41) is 3.21. The van der Waals surface area contributed by atoms with E-state index in [4.69, 9.17) is 0 Å². The Kier molecular flexibility index (Phi) is 5.74. The van der Waals surface area contributed by atoms with E-state index in [0.29, 0.717) is 31.8 Å². The Morgan fingerprint density at radius 1 is 1.20 bits per heavy atom. The van der Waals surface area contributed by atoms with Gasteiger partial charge in [-0.1, -0.05) is 19.8 Å². The van der Waals surface area contributed by atoms with Crippen molar-refractivity contribution in [3.05, 3.63) is 24.5 Å². The molecular formula is C18H27N3O3S. The molecule has 7 heteroatoms. The molecule has 1 aliphatic heterocycles. The first kappa shape index (κ1) is 18.3. The maximum Gasteiger partial charge on any atom is 0.244 e. The normalized spacial score (nSPS) is 26.3. The standard InChI is InChI=1S/C18H27N3O3S/c1-14-5-2-3-7-17(14)20-18(22)15-8-11-21(12-9-15)25(23,24)16-6-4-10-19-13-16/h4,6,10,13-15,17H,2-3,5,7-9,11-12H2,1H3,(H,20,22). The van der Waals surface area contributed by atoms with Crippen LogP contribution in [-0.2, 0) is 14.8 Å². The van der Waals surface area contributed by atoms with Crippen LogP contribution in [0, 0.1) is 11.8 Å². The molecule has 138 valence electrons. The van der Waals surface area contributed by atoms with Crippen molar-refractivity contribution in [2.45, 2.75) is 56.4 Å². The maximum atomic E-state index is 12.6. The molecule has 1 saturated carbocycles. The molecule has 25 heavy (non-hydrogen) atoms. The molecule has 1 N–H and O–H groups in total. The number of aromatic nitrogens is 1. The first-order valence-corrected chi connectivity index (χ1v) is 10.6. The number of carbonyl (C=O) groups is 1. The number of hydrogen-bond acceptors (Lipinski definition) is 4. The van der Waals surface area contributed by atoms with Crippen molar-refractivity contribution in [1.82, 2.24) is 14.6 Å². The molecule has 2 unspecified atom stereocenters. The predicted octanol–water partition coefficient (Wildman–Crippen LogP) is 2.18. The third-order valence-corrected chi connectivity index (χ3v) is 7.42. The fraction of sp³-hybridized carbons (Fsp3) is 0.667. The largest absolute Gasteiger partial charge is 0.353 e. The van der Waals surface area contributed by atoms with E-state index in [1.165, 1.54) is 29.8 Å². The topological polar surface area (TPSA) is 79.4 Å². The van der Waals surface area contributed by atoms with Crippen LogP contribution in [0.2, 0.25) is 0 Å². The SMILES string of the molecule is CC1CCCCC1NC(=O)C1CCN(S(=O)(=O)c2cccnc2)CC1. The fourth-order valence-electron chi connectivity index (χ4n) is 3.84. The monoisotopic (exact) mass is 365 g/mol. The third kappa shape index (κ3) is 4.20. The minimum atomic E-state index is -3.51. The van der Waals surface area contributed by atoms with Gasteiger partial charge in [0.15, 0.2) is 0 Å². The zero-order valence-corrected chi connectivity index (χ0v) is 15.5. The van der Waals surface area contributed by atoms with Crippen LogP contribution in [0.4, 0.5) is 0 Å². The molecular weight excluding hydrogens is 338 g/mol. The number of amides is 1. The molecule has 1 saturated heterocycles. The molecule has 3 rings (SSSR count). The summed E-state index contributed by atoms with van der Waals surface area (Å²) in [6, 6.07) is 3.46. The van der Waals surface area contributed by atoms with Crippen LogP contribution >= 0.6 is 0 Å². The zero-order valence-electron chi connectivity index (χ0n) is 14.7. The number of nitrogens with one attached hydrogen (secondary N) is 1. The fourth-order valence-corrected chi connectivity index (χ4v) is 5.27. The Morgan fingerprint density at radius 2 is 1.92 bits per heavy atom. The van der Waals surface area contributed by atoms with Crippen LogP contribution < -0.4 is 5.32 Å². The summed E-state index contributed by atoms with van der Waals surface area (Å²) >= 11 is 0. The third-order valence-electron chi connectivity index (χ3n) is 5.54. The first-order valence-electron chi connectivity index (χ1n) is 9.19. The number of sulfonamides is 1. The average Bonchev–Trinajstić information content (AvgIpc) is 2.64. The minimum absolute atomic E-state index is 0.0884. The minimum Gasteiger partial charge on any atom is -0.353 e. The van der Waals surface area contributed by atoms with Gasteiger partial charge < -0.3 is 5.32 Å². The maximum absolute atomic E-state index is 12.6. The van der Waals surface area contributed by atoms with Crippen LogP contribution in [0.3, 0.4) is 0 Å². The number of nitrogens with zero attached hydrogens (tertiary/aromatic N) is 2. The lowest BCUT2D eigenvalue weighted by atomic mass is 9.85. The van der Waals surface area contributed by atoms with Crippen molar-refractivity contribution in [2.24, 2.45) is 11.8 Å². The number of hydrogen-bond donors (Lipinski definition) is 1. The second-order valence-corrected chi connectivity index (χ2v) is 9.18. The highest BCUT2D eigenvalue weighted by Gasteiger charge is 2.33. The van der Waals surface area contributed by atoms with Crippen LogP contribution in [0.25, 0.3) is 0 Å². The van der Waals surface area contributed by atoms with Crippen LogP contribution in [0.1, 0.15) is 45.4 Å². The highest BCUT2D eigenvalue weighted by atomic mass is 32.2. The number of pyridine rings is 1. The van der Waals surface area contributed by atoms with Crippen LogP contribution in [0.5, 0.6) is 0 Å². The first-order chi connectivity index (χ1) is 12.0.